The van der Waals surface area contributed by atoms with E-state index in [0.29, 0.717) is 5.69 Å². The molecule has 0 amide bonds. The summed E-state index contributed by atoms with van der Waals surface area (Å²) in [6, 6.07) is 5.50. The van der Waals surface area contributed by atoms with Crippen LogP contribution in [0.2, 0.25) is 0 Å². The maximum absolute atomic E-state index is 5.83. The van der Waals surface area contributed by atoms with Gasteiger partial charge >= 0.3 is 0 Å². The first-order valence-electron chi connectivity index (χ1n) is 5.86. The smallest absolute Gasteiger partial charge is 0.145 e. The number of rotatable bonds is 5. The van der Waals surface area contributed by atoms with Crippen molar-refractivity contribution < 1.29 is 9.47 Å². The lowest BCUT2D eigenvalue weighted by atomic mass is 9.83. The molecule has 3 nitrogen and oxygen atoms in total. The summed E-state index contributed by atoms with van der Waals surface area (Å²) in [6.45, 7) is 0.752. The molecule has 0 unspecified atom stereocenters. The summed E-state index contributed by atoms with van der Waals surface area (Å²) >= 11 is 0. The van der Waals surface area contributed by atoms with E-state index in [4.69, 9.17) is 15.2 Å². The van der Waals surface area contributed by atoms with Crippen molar-refractivity contribution in [1.82, 2.24) is 0 Å². The predicted molar refractivity (Wildman–Crippen MR) is 64.9 cm³/mol. The molecule has 1 aromatic carbocycles. The Hall–Kier alpha value is -1.38. The molecular formula is C13H19NO2. The van der Waals surface area contributed by atoms with Gasteiger partial charge in [-0.2, -0.15) is 0 Å². The molecule has 0 aromatic heterocycles. The van der Waals surface area contributed by atoms with Gasteiger partial charge in [0.1, 0.15) is 11.5 Å². The summed E-state index contributed by atoms with van der Waals surface area (Å²) in [5, 5.41) is 0. The van der Waals surface area contributed by atoms with Crippen molar-refractivity contribution in [2.24, 2.45) is 5.92 Å². The van der Waals surface area contributed by atoms with Crippen LogP contribution in [0.3, 0.4) is 0 Å². The number of methoxy groups -OCH3 is 1. The highest BCUT2D eigenvalue weighted by atomic mass is 16.5. The lowest BCUT2D eigenvalue weighted by Crippen LogP contribution is -2.14. The van der Waals surface area contributed by atoms with Crippen molar-refractivity contribution in [2.45, 2.75) is 25.7 Å². The molecule has 3 heteroatoms. The van der Waals surface area contributed by atoms with Crippen molar-refractivity contribution in [1.29, 1.82) is 0 Å². The zero-order chi connectivity index (χ0) is 11.4. The summed E-state index contributed by atoms with van der Waals surface area (Å²) in [6.07, 6.45) is 5.23. The van der Waals surface area contributed by atoms with Crippen molar-refractivity contribution in [2.75, 3.05) is 19.5 Å². The fourth-order valence-corrected chi connectivity index (χ4v) is 1.88. The molecule has 0 atom stereocenters. The molecule has 0 aliphatic heterocycles. The third kappa shape index (κ3) is 2.60. The monoisotopic (exact) mass is 221 g/mol. The van der Waals surface area contributed by atoms with Gasteiger partial charge in [-0.15, -0.1) is 0 Å². The lowest BCUT2D eigenvalue weighted by Gasteiger charge is -2.25. The number of hydrogen-bond acceptors (Lipinski definition) is 3. The van der Waals surface area contributed by atoms with E-state index in [1.54, 1.807) is 7.11 Å². The minimum absolute atomic E-state index is 0.675. The van der Waals surface area contributed by atoms with E-state index in [9.17, 15) is 0 Å². The Balaban J connectivity index is 1.86. The fourth-order valence-electron chi connectivity index (χ4n) is 1.88. The highest BCUT2D eigenvalue weighted by molar-refractivity contribution is 5.55. The molecule has 1 saturated carbocycles. The van der Waals surface area contributed by atoms with Gasteiger partial charge in [0.05, 0.1) is 19.4 Å². The number of nitrogen functional groups attached to an aromatic ring is 1. The van der Waals surface area contributed by atoms with Crippen LogP contribution in [0, 0.1) is 5.92 Å². The van der Waals surface area contributed by atoms with E-state index in [1.807, 2.05) is 18.2 Å². The minimum Gasteiger partial charge on any atom is -0.497 e. The average molecular weight is 221 g/mol. The first-order chi connectivity index (χ1) is 7.79. The van der Waals surface area contributed by atoms with Gasteiger partial charge in [0, 0.05) is 6.07 Å². The Morgan fingerprint density at radius 1 is 1.38 bits per heavy atom. The molecule has 0 heterocycles. The summed E-state index contributed by atoms with van der Waals surface area (Å²) in [5.74, 6) is 2.39. The topological polar surface area (TPSA) is 44.5 Å². The molecule has 1 aliphatic rings. The molecule has 1 fully saturated rings. The van der Waals surface area contributed by atoms with E-state index < -0.39 is 0 Å². The van der Waals surface area contributed by atoms with Crippen LogP contribution >= 0.6 is 0 Å². The van der Waals surface area contributed by atoms with Gasteiger partial charge in [-0.3, -0.25) is 0 Å². The van der Waals surface area contributed by atoms with Crippen LogP contribution in [0.5, 0.6) is 11.5 Å². The molecule has 1 aliphatic carbocycles. The molecule has 0 spiro atoms. The Labute approximate surface area is 96.5 Å². The van der Waals surface area contributed by atoms with Crippen molar-refractivity contribution in [3.8, 4) is 11.5 Å². The first kappa shape index (κ1) is 11.1. The third-order valence-corrected chi connectivity index (χ3v) is 3.23. The van der Waals surface area contributed by atoms with Crippen LogP contribution in [-0.4, -0.2) is 13.7 Å². The van der Waals surface area contributed by atoms with Crippen molar-refractivity contribution >= 4 is 5.69 Å². The van der Waals surface area contributed by atoms with E-state index in [0.717, 1.165) is 30.4 Å². The van der Waals surface area contributed by atoms with Gasteiger partial charge in [-0.1, -0.05) is 19.3 Å². The maximum atomic E-state index is 5.83. The van der Waals surface area contributed by atoms with Gasteiger partial charge < -0.3 is 15.2 Å². The number of benzene rings is 1. The standard InChI is InChI=1S/C13H19NO2/c1-15-11-5-6-12(14)13(9-11)16-8-7-10-3-2-4-10/h5-6,9-10H,2-4,7-8,14H2,1H3. The van der Waals surface area contributed by atoms with E-state index >= 15 is 0 Å². The van der Waals surface area contributed by atoms with E-state index in [2.05, 4.69) is 0 Å². The van der Waals surface area contributed by atoms with Gasteiger partial charge in [0.25, 0.3) is 0 Å². The van der Waals surface area contributed by atoms with Crippen LogP contribution < -0.4 is 15.2 Å². The normalized spacial score (nSPS) is 15.6. The third-order valence-electron chi connectivity index (χ3n) is 3.23. The maximum Gasteiger partial charge on any atom is 0.145 e. The Kier molecular flexibility index (Phi) is 3.54. The Bertz CT molecular complexity index is 348. The molecule has 2 rings (SSSR count). The van der Waals surface area contributed by atoms with E-state index in [1.165, 1.54) is 19.3 Å². The quantitative estimate of drug-likeness (QED) is 0.777. The van der Waals surface area contributed by atoms with E-state index in [-0.39, 0.29) is 0 Å². The largest absolute Gasteiger partial charge is 0.497 e. The SMILES string of the molecule is COc1ccc(N)c(OCCC2CCC2)c1. The molecular weight excluding hydrogens is 202 g/mol. The second kappa shape index (κ2) is 5.10. The molecule has 88 valence electrons. The Morgan fingerprint density at radius 3 is 2.81 bits per heavy atom. The van der Waals surface area contributed by atoms with Crippen LogP contribution in [0.15, 0.2) is 18.2 Å². The zero-order valence-electron chi connectivity index (χ0n) is 9.74. The number of anilines is 1. The van der Waals surface area contributed by atoms with Crippen LogP contribution in [0.1, 0.15) is 25.7 Å². The van der Waals surface area contributed by atoms with Crippen LogP contribution in [0.4, 0.5) is 5.69 Å². The summed E-state index contributed by atoms with van der Waals surface area (Å²) < 4.78 is 10.8. The minimum atomic E-state index is 0.675. The Morgan fingerprint density at radius 2 is 2.19 bits per heavy atom. The molecule has 0 bridgehead atoms. The molecule has 0 saturated heterocycles. The summed E-state index contributed by atoms with van der Waals surface area (Å²) in [5.41, 5.74) is 6.50. The number of hydrogen-bond donors (Lipinski definition) is 1. The second-order valence-corrected chi connectivity index (χ2v) is 4.34. The fraction of sp³-hybridized carbons (Fsp3) is 0.538. The summed E-state index contributed by atoms with van der Waals surface area (Å²) in [4.78, 5) is 0. The molecule has 2 N–H and O–H groups in total. The number of nitrogens with two attached hydrogens (primary N) is 1. The van der Waals surface area contributed by atoms with Gasteiger partial charge in [0.2, 0.25) is 0 Å². The summed E-state index contributed by atoms with van der Waals surface area (Å²) in [7, 11) is 1.64. The predicted octanol–water partition coefficient (Wildman–Crippen LogP) is 2.85. The van der Waals surface area contributed by atoms with Crippen LogP contribution in [0.25, 0.3) is 0 Å². The number of ether oxygens (including phenoxy) is 2. The lowest BCUT2D eigenvalue weighted by molar-refractivity contribution is 0.222. The van der Waals surface area contributed by atoms with Gasteiger partial charge in [0.15, 0.2) is 0 Å². The van der Waals surface area contributed by atoms with Gasteiger partial charge in [-0.05, 0) is 24.5 Å². The average Bonchev–Trinajstić information content (AvgIpc) is 2.24. The highest BCUT2D eigenvalue weighted by Gasteiger charge is 2.17. The van der Waals surface area contributed by atoms with Crippen molar-refractivity contribution in [3.05, 3.63) is 18.2 Å². The zero-order valence-corrected chi connectivity index (χ0v) is 9.74. The molecule has 1 aromatic rings. The van der Waals surface area contributed by atoms with Crippen LogP contribution in [-0.2, 0) is 0 Å². The second-order valence-electron chi connectivity index (χ2n) is 4.34. The highest BCUT2D eigenvalue weighted by Crippen LogP contribution is 2.31. The molecule has 16 heavy (non-hydrogen) atoms. The van der Waals surface area contributed by atoms with Crippen molar-refractivity contribution in [3.63, 3.8) is 0 Å². The first-order valence-corrected chi connectivity index (χ1v) is 5.86. The van der Waals surface area contributed by atoms with Gasteiger partial charge in [-0.25, -0.2) is 0 Å². The molecule has 0 radical (unpaired) electrons.